The highest BCUT2D eigenvalue weighted by molar-refractivity contribution is 6.06. The Labute approximate surface area is 141 Å². The van der Waals surface area contributed by atoms with Crippen molar-refractivity contribution < 1.29 is 4.79 Å². The van der Waals surface area contributed by atoms with E-state index in [1.54, 1.807) is 37.4 Å². The summed E-state index contributed by atoms with van der Waals surface area (Å²) in [7, 11) is 0. The number of nitrogens with one attached hydrogen (secondary N) is 3. The van der Waals surface area contributed by atoms with E-state index in [2.05, 4.69) is 20.3 Å². The fraction of sp³-hybridized carbons (Fsp3) is 0.0625. The van der Waals surface area contributed by atoms with Crippen molar-refractivity contribution in [2.45, 2.75) is 6.92 Å². The molecule has 1 aromatic carbocycles. The zero-order valence-corrected chi connectivity index (χ0v) is 13.2. The van der Waals surface area contributed by atoms with E-state index < -0.39 is 17.2 Å². The standard InChI is InChI=1S/C16H14N6O3/c1-8-18-6-5-11(19-8)9-3-2-4-10(7-9)20-15(24)13-12(17)14(23)22-16(25)21-13/h2-7H,17H2,1H3,(H,20,24)(H2,21,22,23,25). The Morgan fingerprint density at radius 2 is 2.00 bits per heavy atom. The fourth-order valence-electron chi connectivity index (χ4n) is 2.24. The number of nitrogens with zero attached hydrogens (tertiary/aromatic N) is 2. The Morgan fingerprint density at radius 1 is 1.20 bits per heavy atom. The van der Waals surface area contributed by atoms with Crippen LogP contribution in [0.25, 0.3) is 11.3 Å². The van der Waals surface area contributed by atoms with Gasteiger partial charge in [-0.2, -0.15) is 0 Å². The SMILES string of the molecule is Cc1nccc(-c2cccc(NC(=O)c3[nH]c(=O)[nH]c(=O)c3N)c2)n1. The summed E-state index contributed by atoms with van der Waals surface area (Å²) in [4.78, 5) is 47.7. The highest BCUT2D eigenvalue weighted by Gasteiger charge is 2.14. The number of rotatable bonds is 3. The lowest BCUT2D eigenvalue weighted by Crippen LogP contribution is -2.30. The molecule has 3 rings (SSSR count). The van der Waals surface area contributed by atoms with Crippen molar-refractivity contribution in [1.29, 1.82) is 0 Å². The van der Waals surface area contributed by atoms with Crippen LogP contribution in [0.1, 0.15) is 16.3 Å². The molecule has 0 atom stereocenters. The summed E-state index contributed by atoms with van der Waals surface area (Å²) in [5, 5.41) is 2.59. The number of hydrogen-bond donors (Lipinski definition) is 4. The monoisotopic (exact) mass is 338 g/mol. The Balaban J connectivity index is 1.92. The number of carbonyl (C=O) groups is 1. The van der Waals surface area contributed by atoms with Crippen molar-refractivity contribution in [3.63, 3.8) is 0 Å². The number of anilines is 2. The molecule has 0 saturated heterocycles. The number of nitrogens with two attached hydrogens (primary N) is 1. The van der Waals surface area contributed by atoms with Gasteiger partial charge in [0.1, 0.15) is 17.2 Å². The molecule has 2 heterocycles. The smallest absolute Gasteiger partial charge is 0.326 e. The number of aromatic nitrogens is 4. The van der Waals surface area contributed by atoms with Crippen molar-refractivity contribution in [3.05, 3.63) is 68.9 Å². The molecule has 0 unspecified atom stereocenters. The first-order valence-electron chi connectivity index (χ1n) is 7.27. The van der Waals surface area contributed by atoms with Crippen LogP contribution in [0.2, 0.25) is 0 Å². The molecule has 0 radical (unpaired) electrons. The summed E-state index contributed by atoms with van der Waals surface area (Å²) in [6, 6.07) is 8.70. The van der Waals surface area contributed by atoms with Crippen LogP contribution >= 0.6 is 0 Å². The van der Waals surface area contributed by atoms with E-state index in [1.807, 2.05) is 11.1 Å². The second-order valence-electron chi connectivity index (χ2n) is 5.22. The van der Waals surface area contributed by atoms with Gasteiger partial charge in [-0.05, 0) is 25.1 Å². The third-order valence-corrected chi connectivity index (χ3v) is 3.40. The third kappa shape index (κ3) is 3.44. The molecule has 0 spiro atoms. The first-order chi connectivity index (χ1) is 11.9. The summed E-state index contributed by atoms with van der Waals surface area (Å²) in [6.07, 6.45) is 1.64. The predicted molar refractivity (Wildman–Crippen MR) is 92.3 cm³/mol. The minimum absolute atomic E-state index is 0.294. The molecular weight excluding hydrogens is 324 g/mol. The lowest BCUT2D eigenvalue weighted by atomic mass is 10.1. The lowest BCUT2D eigenvalue weighted by molar-refractivity contribution is 0.102. The maximum absolute atomic E-state index is 12.3. The molecule has 0 aliphatic rings. The van der Waals surface area contributed by atoms with Gasteiger partial charge in [-0.25, -0.2) is 14.8 Å². The first kappa shape index (κ1) is 16.1. The summed E-state index contributed by atoms with van der Waals surface area (Å²) in [5.74, 6) is -0.0717. The second kappa shape index (κ2) is 6.40. The molecule has 126 valence electrons. The van der Waals surface area contributed by atoms with Crippen LogP contribution in [-0.4, -0.2) is 25.8 Å². The van der Waals surface area contributed by atoms with Gasteiger partial charge in [-0.15, -0.1) is 0 Å². The highest BCUT2D eigenvalue weighted by atomic mass is 16.2. The minimum atomic E-state index is -0.820. The van der Waals surface area contributed by atoms with Gasteiger partial charge in [0.15, 0.2) is 0 Å². The van der Waals surface area contributed by atoms with Crippen LogP contribution in [-0.2, 0) is 0 Å². The number of nitrogen functional groups attached to an aromatic ring is 1. The zero-order valence-electron chi connectivity index (χ0n) is 13.2. The van der Waals surface area contributed by atoms with Crippen molar-refractivity contribution in [1.82, 2.24) is 19.9 Å². The van der Waals surface area contributed by atoms with Crippen LogP contribution in [0.4, 0.5) is 11.4 Å². The topological polar surface area (TPSA) is 147 Å². The highest BCUT2D eigenvalue weighted by Crippen LogP contribution is 2.21. The average molecular weight is 338 g/mol. The van der Waals surface area contributed by atoms with Crippen LogP contribution in [0.3, 0.4) is 0 Å². The summed E-state index contributed by atoms with van der Waals surface area (Å²) in [6.45, 7) is 1.78. The van der Waals surface area contributed by atoms with E-state index in [4.69, 9.17) is 5.73 Å². The van der Waals surface area contributed by atoms with Crippen molar-refractivity contribution in [2.24, 2.45) is 0 Å². The molecule has 5 N–H and O–H groups in total. The number of aryl methyl sites for hydroxylation is 1. The molecular formula is C16H14N6O3. The van der Waals surface area contributed by atoms with Gasteiger partial charge >= 0.3 is 5.69 Å². The molecule has 0 aliphatic carbocycles. The van der Waals surface area contributed by atoms with Crippen LogP contribution in [0.5, 0.6) is 0 Å². The second-order valence-corrected chi connectivity index (χ2v) is 5.22. The maximum Gasteiger partial charge on any atom is 0.326 e. The van der Waals surface area contributed by atoms with Gasteiger partial charge in [0, 0.05) is 17.4 Å². The molecule has 25 heavy (non-hydrogen) atoms. The minimum Gasteiger partial charge on any atom is -0.392 e. The lowest BCUT2D eigenvalue weighted by Gasteiger charge is -2.08. The largest absolute Gasteiger partial charge is 0.392 e. The number of carbonyl (C=O) groups excluding carboxylic acids is 1. The summed E-state index contributed by atoms with van der Waals surface area (Å²) < 4.78 is 0. The molecule has 0 saturated carbocycles. The van der Waals surface area contributed by atoms with Gasteiger partial charge in [-0.3, -0.25) is 14.6 Å². The molecule has 0 bridgehead atoms. The molecule has 3 aromatic rings. The molecule has 2 aromatic heterocycles. The van der Waals surface area contributed by atoms with Crippen molar-refractivity contribution in [3.8, 4) is 11.3 Å². The van der Waals surface area contributed by atoms with Crippen molar-refractivity contribution >= 4 is 17.3 Å². The molecule has 9 heteroatoms. The van der Waals surface area contributed by atoms with E-state index in [9.17, 15) is 14.4 Å². The Kier molecular flexibility index (Phi) is 4.12. The van der Waals surface area contributed by atoms with Crippen LogP contribution < -0.4 is 22.3 Å². The van der Waals surface area contributed by atoms with Crippen LogP contribution in [0, 0.1) is 6.92 Å². The number of H-pyrrole nitrogens is 2. The van der Waals surface area contributed by atoms with E-state index in [-0.39, 0.29) is 11.4 Å². The van der Waals surface area contributed by atoms with Crippen molar-refractivity contribution in [2.75, 3.05) is 11.1 Å². The van der Waals surface area contributed by atoms with Gasteiger partial charge in [0.2, 0.25) is 0 Å². The summed E-state index contributed by atoms with van der Waals surface area (Å²) in [5.41, 5.74) is 5.20. The van der Waals surface area contributed by atoms with E-state index in [0.29, 0.717) is 17.2 Å². The average Bonchev–Trinajstić information content (AvgIpc) is 2.58. The zero-order chi connectivity index (χ0) is 18.0. The fourth-order valence-corrected chi connectivity index (χ4v) is 2.24. The third-order valence-electron chi connectivity index (χ3n) is 3.40. The Morgan fingerprint density at radius 3 is 2.76 bits per heavy atom. The van der Waals surface area contributed by atoms with Gasteiger partial charge in [0.05, 0.1) is 5.69 Å². The number of benzene rings is 1. The first-order valence-corrected chi connectivity index (χ1v) is 7.27. The Bertz CT molecular complexity index is 1070. The van der Waals surface area contributed by atoms with E-state index >= 15 is 0 Å². The van der Waals surface area contributed by atoms with Gasteiger partial charge in [0.25, 0.3) is 11.5 Å². The van der Waals surface area contributed by atoms with E-state index in [0.717, 1.165) is 5.56 Å². The van der Waals surface area contributed by atoms with Gasteiger partial charge in [-0.1, -0.05) is 12.1 Å². The molecule has 0 fully saturated rings. The normalized spacial score (nSPS) is 10.4. The molecule has 1 amide bonds. The molecule has 0 aliphatic heterocycles. The Hall–Kier alpha value is -3.75. The quantitative estimate of drug-likeness (QED) is 0.552. The number of amides is 1. The number of aromatic amines is 2. The van der Waals surface area contributed by atoms with Crippen LogP contribution in [0.15, 0.2) is 46.1 Å². The number of hydrogen-bond acceptors (Lipinski definition) is 6. The van der Waals surface area contributed by atoms with E-state index in [1.165, 1.54) is 0 Å². The predicted octanol–water partition coefficient (Wildman–Crippen LogP) is 0.663. The summed E-state index contributed by atoms with van der Waals surface area (Å²) >= 11 is 0. The van der Waals surface area contributed by atoms with Gasteiger partial charge < -0.3 is 16.0 Å². The maximum atomic E-state index is 12.3. The molecule has 9 nitrogen and oxygen atoms in total.